The topological polar surface area (TPSA) is 52.8 Å². The summed E-state index contributed by atoms with van der Waals surface area (Å²) < 4.78 is 30.3. The fourth-order valence-electron chi connectivity index (χ4n) is 5.46. The molecule has 0 radical (unpaired) electrons. The van der Waals surface area contributed by atoms with Crippen LogP contribution in [0, 0.1) is 5.82 Å². The Morgan fingerprint density at radius 1 is 0.909 bits per heavy atom. The van der Waals surface area contributed by atoms with E-state index in [0.717, 1.165) is 51.6 Å². The van der Waals surface area contributed by atoms with Crippen LogP contribution in [0.1, 0.15) is 37.2 Å². The summed E-state index contributed by atoms with van der Waals surface area (Å²) in [6, 6.07) is 13.9. The lowest BCUT2D eigenvalue weighted by molar-refractivity contribution is 0.282. The molecule has 170 valence electrons. The molecule has 6 heteroatoms. The molecular formula is C27H27F2N3O. The zero-order valence-electron chi connectivity index (χ0n) is 18.6. The maximum atomic E-state index is 14.3. The maximum absolute atomic E-state index is 14.3. The molecule has 5 aromatic rings. The summed E-state index contributed by atoms with van der Waals surface area (Å²) in [5, 5.41) is 8.07. The van der Waals surface area contributed by atoms with Gasteiger partial charge in [-0.2, -0.15) is 0 Å². The van der Waals surface area contributed by atoms with Crippen molar-refractivity contribution < 1.29 is 13.5 Å². The molecule has 4 nitrogen and oxygen atoms in total. The molecule has 0 amide bonds. The van der Waals surface area contributed by atoms with Gasteiger partial charge in [-0.1, -0.05) is 18.2 Å². The van der Waals surface area contributed by atoms with Crippen molar-refractivity contribution in [3.8, 4) is 5.75 Å². The van der Waals surface area contributed by atoms with Gasteiger partial charge >= 0.3 is 0 Å². The van der Waals surface area contributed by atoms with Gasteiger partial charge < -0.3 is 20.0 Å². The first-order valence-electron chi connectivity index (χ1n) is 11.7. The molecule has 0 bridgehead atoms. The highest BCUT2D eigenvalue weighted by molar-refractivity contribution is 6.23. The van der Waals surface area contributed by atoms with Crippen molar-refractivity contribution in [2.75, 3.05) is 20.3 Å². The number of aromatic nitrogens is 2. The van der Waals surface area contributed by atoms with Crippen LogP contribution < -0.4 is 10.1 Å². The molecule has 0 spiro atoms. The fourth-order valence-corrected chi connectivity index (χ4v) is 5.46. The van der Waals surface area contributed by atoms with Crippen LogP contribution in [0.15, 0.2) is 42.5 Å². The van der Waals surface area contributed by atoms with Gasteiger partial charge in [0.05, 0.1) is 18.2 Å². The van der Waals surface area contributed by atoms with Crippen LogP contribution >= 0.6 is 0 Å². The Kier molecular flexibility index (Phi) is 4.98. The second kappa shape index (κ2) is 8.03. The molecule has 1 saturated heterocycles. The van der Waals surface area contributed by atoms with E-state index in [1.54, 1.807) is 6.07 Å². The minimum absolute atomic E-state index is 0.202. The monoisotopic (exact) mass is 447 g/mol. The third-order valence-electron chi connectivity index (χ3n) is 7.04. The van der Waals surface area contributed by atoms with Crippen molar-refractivity contribution in [1.29, 1.82) is 0 Å². The number of fused-ring (bicyclic) bond motifs is 6. The number of nitrogens with one attached hydrogen (secondary N) is 3. The van der Waals surface area contributed by atoms with Gasteiger partial charge in [-0.25, -0.2) is 4.39 Å². The van der Waals surface area contributed by atoms with E-state index in [4.69, 9.17) is 4.74 Å². The number of alkyl halides is 1. The summed E-state index contributed by atoms with van der Waals surface area (Å²) in [5.74, 6) is 1.17. The Morgan fingerprint density at radius 3 is 2.36 bits per heavy atom. The Labute approximate surface area is 190 Å². The van der Waals surface area contributed by atoms with Crippen molar-refractivity contribution in [2.24, 2.45) is 0 Å². The molecule has 33 heavy (non-hydrogen) atoms. The zero-order valence-corrected chi connectivity index (χ0v) is 18.6. The lowest BCUT2D eigenvalue weighted by Crippen LogP contribution is -2.28. The predicted molar refractivity (Wildman–Crippen MR) is 131 cm³/mol. The Bertz CT molecular complexity index is 1480. The van der Waals surface area contributed by atoms with Crippen LogP contribution in [0.2, 0.25) is 0 Å². The van der Waals surface area contributed by atoms with Gasteiger partial charge in [-0.3, -0.25) is 4.39 Å². The van der Waals surface area contributed by atoms with E-state index < -0.39 is 0 Å². The Morgan fingerprint density at radius 2 is 1.64 bits per heavy atom. The van der Waals surface area contributed by atoms with Crippen molar-refractivity contribution in [1.82, 2.24) is 15.3 Å². The second-order valence-corrected chi connectivity index (χ2v) is 9.11. The number of benzene rings is 3. The minimum atomic E-state index is -0.202. The van der Waals surface area contributed by atoms with Gasteiger partial charge in [0.2, 0.25) is 0 Å². The van der Waals surface area contributed by atoms with Gasteiger partial charge in [-0.05, 0) is 68.0 Å². The number of hydrogen-bond acceptors (Lipinski definition) is 2. The van der Waals surface area contributed by atoms with Crippen molar-refractivity contribution in [3.63, 3.8) is 0 Å². The average molecular weight is 448 g/mol. The summed E-state index contributed by atoms with van der Waals surface area (Å²) in [5.41, 5.74) is 5.45. The SMILES string of the molecule is CF.Fc1ccc2[nH]c3c(OCC4CCCN4)c4[nH]c5ccccc5c4c(C4CC4)c3c2c1. The molecule has 1 unspecified atom stereocenters. The minimum Gasteiger partial charge on any atom is -0.488 e. The highest BCUT2D eigenvalue weighted by Crippen LogP contribution is 2.52. The van der Waals surface area contributed by atoms with Crippen LogP contribution in [0.5, 0.6) is 5.75 Å². The van der Waals surface area contributed by atoms with Crippen LogP contribution in [0.4, 0.5) is 8.78 Å². The first-order chi connectivity index (χ1) is 16.3. The number of rotatable bonds is 4. The van der Waals surface area contributed by atoms with Gasteiger partial charge in [0.1, 0.15) is 12.4 Å². The van der Waals surface area contributed by atoms with Crippen molar-refractivity contribution >= 4 is 43.6 Å². The third-order valence-corrected chi connectivity index (χ3v) is 7.04. The molecule has 1 saturated carbocycles. The summed E-state index contributed by atoms with van der Waals surface area (Å²) >= 11 is 0. The molecule has 3 aromatic carbocycles. The summed E-state index contributed by atoms with van der Waals surface area (Å²) in [6.07, 6.45) is 4.68. The quantitative estimate of drug-likeness (QED) is 0.288. The van der Waals surface area contributed by atoms with Crippen LogP contribution in [0.3, 0.4) is 0 Å². The van der Waals surface area contributed by atoms with E-state index in [2.05, 4.69) is 39.6 Å². The van der Waals surface area contributed by atoms with E-state index >= 15 is 0 Å². The molecule has 2 aromatic heterocycles. The van der Waals surface area contributed by atoms with E-state index in [1.807, 2.05) is 6.07 Å². The number of para-hydroxylation sites is 1. The Hall–Kier alpha value is -3.12. The first-order valence-corrected chi connectivity index (χ1v) is 11.7. The van der Waals surface area contributed by atoms with E-state index in [1.165, 1.54) is 41.7 Å². The summed E-state index contributed by atoms with van der Waals surface area (Å²) in [7, 11) is 0.500. The normalized spacial score (nSPS) is 18.3. The molecule has 1 atom stereocenters. The standard InChI is InChI=1S/C26H24FN3O.CH3F/c27-15-9-10-20-18(12-15)23-21(14-7-8-14)22-17-5-1-2-6-19(17)29-24(22)26(25(23)30-20)31-13-16-4-3-11-28-16;1-2/h1-2,5-6,9-10,12,14,16,28-30H,3-4,7-8,11,13H2;1H3. The Balaban J connectivity index is 0.00000101. The van der Waals surface area contributed by atoms with E-state index in [0.29, 0.717) is 25.7 Å². The van der Waals surface area contributed by atoms with Gasteiger partial charge in [0.25, 0.3) is 0 Å². The maximum Gasteiger partial charge on any atom is 0.167 e. The zero-order chi connectivity index (χ0) is 22.5. The van der Waals surface area contributed by atoms with Gasteiger partial charge in [0.15, 0.2) is 5.75 Å². The van der Waals surface area contributed by atoms with E-state index in [-0.39, 0.29) is 5.82 Å². The fraction of sp³-hybridized carbons (Fsp3) is 0.333. The molecule has 1 aliphatic carbocycles. The average Bonchev–Trinajstić information content (AvgIpc) is 3.24. The van der Waals surface area contributed by atoms with Crippen molar-refractivity contribution in [2.45, 2.75) is 37.6 Å². The predicted octanol–water partition coefficient (Wildman–Crippen LogP) is 6.69. The molecule has 7 rings (SSSR count). The largest absolute Gasteiger partial charge is 0.488 e. The van der Waals surface area contributed by atoms with Gasteiger partial charge in [-0.15, -0.1) is 0 Å². The third kappa shape index (κ3) is 3.27. The van der Waals surface area contributed by atoms with Crippen molar-refractivity contribution in [3.05, 3.63) is 53.8 Å². The lowest BCUT2D eigenvalue weighted by atomic mass is 9.96. The molecule has 1 aliphatic heterocycles. The number of halogens is 2. The first kappa shape index (κ1) is 20.5. The molecule has 3 N–H and O–H groups in total. The highest BCUT2D eigenvalue weighted by atomic mass is 19.1. The second-order valence-electron chi connectivity index (χ2n) is 9.11. The van der Waals surface area contributed by atoms with Crippen LogP contribution in [0.25, 0.3) is 43.6 Å². The lowest BCUT2D eigenvalue weighted by Gasteiger charge is -2.16. The number of hydrogen-bond donors (Lipinski definition) is 3. The van der Waals surface area contributed by atoms with Crippen LogP contribution in [-0.4, -0.2) is 36.3 Å². The molecular weight excluding hydrogens is 420 g/mol. The summed E-state index contributed by atoms with van der Waals surface area (Å²) in [4.78, 5) is 7.23. The molecule has 3 heterocycles. The molecule has 2 aliphatic rings. The number of aromatic amines is 2. The van der Waals surface area contributed by atoms with E-state index in [9.17, 15) is 8.78 Å². The number of H-pyrrole nitrogens is 2. The smallest absolute Gasteiger partial charge is 0.167 e. The molecule has 2 fully saturated rings. The summed E-state index contributed by atoms with van der Waals surface area (Å²) in [6.45, 7) is 1.68. The highest BCUT2D eigenvalue weighted by Gasteiger charge is 2.32. The number of ether oxygens (including phenoxy) is 1. The van der Waals surface area contributed by atoms with Crippen LogP contribution in [-0.2, 0) is 0 Å². The van der Waals surface area contributed by atoms with Gasteiger partial charge in [0, 0.05) is 38.6 Å².